The highest BCUT2D eigenvalue weighted by Crippen LogP contribution is 2.36. The maximum Gasteiger partial charge on any atom is 0.161 e. The quantitative estimate of drug-likeness (QED) is 0.911. The molecule has 3 heteroatoms. The van der Waals surface area contributed by atoms with E-state index in [0.29, 0.717) is 13.2 Å². The molecule has 0 saturated heterocycles. The fourth-order valence-electron chi connectivity index (χ4n) is 2.68. The molecule has 0 aliphatic carbocycles. The summed E-state index contributed by atoms with van der Waals surface area (Å²) in [6.07, 6.45) is 0. The lowest BCUT2D eigenvalue weighted by atomic mass is 9.83. The van der Waals surface area contributed by atoms with E-state index in [1.54, 1.807) is 0 Å². The molecule has 3 rings (SSSR count). The van der Waals surface area contributed by atoms with E-state index in [2.05, 4.69) is 19.1 Å². The lowest BCUT2D eigenvalue weighted by Gasteiger charge is -2.29. The van der Waals surface area contributed by atoms with Crippen molar-refractivity contribution < 1.29 is 9.47 Å². The monoisotopic (exact) mass is 269 g/mol. The third kappa shape index (κ3) is 2.14. The molecule has 0 radical (unpaired) electrons. The largest absolute Gasteiger partial charge is 0.486 e. The van der Waals surface area contributed by atoms with Crippen molar-refractivity contribution in [2.45, 2.75) is 19.4 Å². The highest BCUT2D eigenvalue weighted by molar-refractivity contribution is 5.49. The fraction of sp³-hybridized carbons (Fsp3) is 0.294. The van der Waals surface area contributed by atoms with Crippen LogP contribution in [-0.4, -0.2) is 13.2 Å². The second-order valence-electron chi connectivity index (χ2n) is 5.38. The molecule has 104 valence electrons. The van der Waals surface area contributed by atoms with Crippen LogP contribution in [0.5, 0.6) is 11.5 Å². The van der Waals surface area contributed by atoms with Gasteiger partial charge in [-0.15, -0.1) is 0 Å². The van der Waals surface area contributed by atoms with Crippen LogP contribution >= 0.6 is 0 Å². The molecular weight excluding hydrogens is 250 g/mol. The number of benzene rings is 2. The number of nitrogens with two attached hydrogens (primary N) is 1. The summed E-state index contributed by atoms with van der Waals surface area (Å²) in [7, 11) is 0. The molecule has 2 aromatic carbocycles. The van der Waals surface area contributed by atoms with Gasteiger partial charge in [0, 0.05) is 0 Å². The van der Waals surface area contributed by atoms with E-state index in [1.165, 1.54) is 5.56 Å². The van der Waals surface area contributed by atoms with Crippen molar-refractivity contribution in [3.8, 4) is 11.5 Å². The molecule has 0 spiro atoms. The third-order valence-electron chi connectivity index (χ3n) is 3.85. The van der Waals surface area contributed by atoms with Gasteiger partial charge in [0.25, 0.3) is 0 Å². The minimum absolute atomic E-state index is 0.554. The van der Waals surface area contributed by atoms with Crippen molar-refractivity contribution in [2.75, 3.05) is 13.2 Å². The third-order valence-corrected chi connectivity index (χ3v) is 3.85. The Hall–Kier alpha value is -2.00. The second-order valence-corrected chi connectivity index (χ2v) is 5.38. The Morgan fingerprint density at radius 1 is 1.00 bits per heavy atom. The summed E-state index contributed by atoms with van der Waals surface area (Å²) in [4.78, 5) is 0. The standard InChI is InChI=1S/C17H19NO2/c1-12-5-3-4-6-14(12)17(2,18)13-7-8-15-16(11-13)20-10-9-19-15/h3-8,11H,9-10,18H2,1-2H3. The number of fused-ring (bicyclic) bond motifs is 1. The summed E-state index contributed by atoms with van der Waals surface area (Å²) >= 11 is 0. The van der Waals surface area contributed by atoms with Crippen molar-refractivity contribution in [1.82, 2.24) is 0 Å². The first-order chi connectivity index (χ1) is 9.59. The summed E-state index contributed by atoms with van der Waals surface area (Å²) in [6.45, 7) is 5.30. The molecule has 1 unspecified atom stereocenters. The van der Waals surface area contributed by atoms with Gasteiger partial charge in [0.05, 0.1) is 5.54 Å². The van der Waals surface area contributed by atoms with Crippen LogP contribution in [0, 0.1) is 6.92 Å². The van der Waals surface area contributed by atoms with Crippen LogP contribution in [0.3, 0.4) is 0 Å². The van der Waals surface area contributed by atoms with Crippen LogP contribution in [-0.2, 0) is 5.54 Å². The molecule has 2 N–H and O–H groups in total. The van der Waals surface area contributed by atoms with Gasteiger partial charge in [0.15, 0.2) is 11.5 Å². The Morgan fingerprint density at radius 3 is 2.45 bits per heavy atom. The first-order valence-electron chi connectivity index (χ1n) is 6.84. The van der Waals surface area contributed by atoms with Crippen molar-refractivity contribution in [1.29, 1.82) is 0 Å². The molecular formula is C17H19NO2. The first-order valence-corrected chi connectivity index (χ1v) is 6.84. The molecule has 1 aliphatic rings. The van der Waals surface area contributed by atoms with E-state index >= 15 is 0 Å². The highest BCUT2D eigenvalue weighted by Gasteiger charge is 2.27. The molecule has 0 amide bonds. The fourth-order valence-corrected chi connectivity index (χ4v) is 2.68. The van der Waals surface area contributed by atoms with Crippen LogP contribution in [0.1, 0.15) is 23.6 Å². The van der Waals surface area contributed by atoms with Crippen molar-refractivity contribution in [2.24, 2.45) is 5.73 Å². The number of ether oxygens (including phenoxy) is 2. The molecule has 3 nitrogen and oxygen atoms in total. The van der Waals surface area contributed by atoms with Crippen molar-refractivity contribution >= 4 is 0 Å². The molecule has 1 heterocycles. The maximum atomic E-state index is 6.60. The van der Waals surface area contributed by atoms with Gasteiger partial charge in [-0.25, -0.2) is 0 Å². The van der Waals surface area contributed by atoms with E-state index in [1.807, 2.05) is 37.3 Å². The molecule has 0 bridgehead atoms. The molecule has 0 saturated carbocycles. The van der Waals surface area contributed by atoms with Crippen molar-refractivity contribution in [3.05, 3.63) is 59.2 Å². The number of rotatable bonds is 2. The Bertz CT molecular complexity index is 635. The van der Waals surface area contributed by atoms with E-state index in [-0.39, 0.29) is 0 Å². The smallest absolute Gasteiger partial charge is 0.161 e. The van der Waals surface area contributed by atoms with Gasteiger partial charge in [0.2, 0.25) is 0 Å². The van der Waals surface area contributed by atoms with E-state index in [4.69, 9.17) is 15.2 Å². The summed E-state index contributed by atoms with van der Waals surface area (Å²) in [5.41, 5.74) is 9.38. The predicted molar refractivity (Wildman–Crippen MR) is 79.3 cm³/mol. The lowest BCUT2D eigenvalue weighted by Crippen LogP contribution is -2.35. The second kappa shape index (κ2) is 4.84. The van der Waals surface area contributed by atoms with E-state index < -0.39 is 5.54 Å². The zero-order chi connectivity index (χ0) is 14.2. The number of hydrogen-bond donors (Lipinski definition) is 1. The van der Waals surface area contributed by atoms with Gasteiger partial charge in [-0.05, 0) is 42.7 Å². The lowest BCUT2D eigenvalue weighted by molar-refractivity contribution is 0.171. The van der Waals surface area contributed by atoms with Gasteiger partial charge in [-0.2, -0.15) is 0 Å². The van der Waals surface area contributed by atoms with Crippen LogP contribution in [0.4, 0.5) is 0 Å². The Labute approximate surface area is 119 Å². The topological polar surface area (TPSA) is 44.5 Å². The molecule has 1 aliphatic heterocycles. The van der Waals surface area contributed by atoms with Gasteiger partial charge >= 0.3 is 0 Å². The van der Waals surface area contributed by atoms with Gasteiger partial charge in [-0.3, -0.25) is 0 Å². The Morgan fingerprint density at radius 2 is 1.70 bits per heavy atom. The molecule has 20 heavy (non-hydrogen) atoms. The molecule has 2 aromatic rings. The number of aryl methyl sites for hydroxylation is 1. The number of hydrogen-bond acceptors (Lipinski definition) is 3. The maximum absolute atomic E-state index is 6.60. The van der Waals surface area contributed by atoms with Crippen molar-refractivity contribution in [3.63, 3.8) is 0 Å². The SMILES string of the molecule is Cc1ccccc1C(C)(N)c1ccc2c(c1)OCCO2. The normalized spacial score (nSPS) is 16.6. The average Bonchev–Trinajstić information content (AvgIpc) is 2.47. The predicted octanol–water partition coefficient (Wildman–Crippen LogP) is 2.99. The zero-order valence-electron chi connectivity index (χ0n) is 11.8. The first kappa shape index (κ1) is 13.0. The Kier molecular flexibility index (Phi) is 3.14. The van der Waals surface area contributed by atoms with Crippen LogP contribution in [0.2, 0.25) is 0 Å². The van der Waals surface area contributed by atoms with Crippen LogP contribution in [0.25, 0.3) is 0 Å². The van der Waals surface area contributed by atoms with Gasteiger partial charge in [0.1, 0.15) is 13.2 Å². The minimum Gasteiger partial charge on any atom is -0.486 e. The molecule has 0 fully saturated rings. The van der Waals surface area contributed by atoms with E-state index in [0.717, 1.165) is 22.6 Å². The van der Waals surface area contributed by atoms with Crippen LogP contribution < -0.4 is 15.2 Å². The van der Waals surface area contributed by atoms with Gasteiger partial charge < -0.3 is 15.2 Å². The minimum atomic E-state index is -0.554. The summed E-state index contributed by atoms with van der Waals surface area (Å²) < 4.78 is 11.2. The van der Waals surface area contributed by atoms with Crippen LogP contribution in [0.15, 0.2) is 42.5 Å². The van der Waals surface area contributed by atoms with E-state index in [9.17, 15) is 0 Å². The summed E-state index contributed by atoms with van der Waals surface area (Å²) in [5.74, 6) is 1.57. The summed E-state index contributed by atoms with van der Waals surface area (Å²) in [5, 5.41) is 0. The molecule has 1 atom stereocenters. The zero-order valence-corrected chi connectivity index (χ0v) is 11.8. The van der Waals surface area contributed by atoms with Gasteiger partial charge in [-0.1, -0.05) is 30.3 Å². The average molecular weight is 269 g/mol. The summed E-state index contributed by atoms with van der Waals surface area (Å²) in [6, 6.07) is 14.1. The Balaban J connectivity index is 2.05. The molecule has 0 aromatic heterocycles. The highest BCUT2D eigenvalue weighted by atomic mass is 16.6.